The van der Waals surface area contributed by atoms with Crippen molar-refractivity contribution in [1.29, 1.82) is 0 Å². The summed E-state index contributed by atoms with van der Waals surface area (Å²) in [6.45, 7) is 0. The van der Waals surface area contributed by atoms with Crippen molar-refractivity contribution in [2.45, 2.75) is 0 Å². The summed E-state index contributed by atoms with van der Waals surface area (Å²) >= 11 is 0. The highest BCUT2D eigenvalue weighted by Gasteiger charge is 2.12. The summed E-state index contributed by atoms with van der Waals surface area (Å²) < 4.78 is 6.06. The molecule has 0 unspecified atom stereocenters. The SMILES string of the molecule is O=c1cc(-c2cccnc2Oc2ccc(Nc3nnc(-c4ccccc4)c4ccccc34)cc2)cc[nH]1. The summed E-state index contributed by atoms with van der Waals surface area (Å²) in [6, 6.07) is 32.7. The van der Waals surface area contributed by atoms with Crippen molar-refractivity contribution >= 4 is 22.3 Å². The molecule has 0 saturated heterocycles. The average Bonchev–Trinajstić information content (AvgIpc) is 2.95. The van der Waals surface area contributed by atoms with Gasteiger partial charge < -0.3 is 15.0 Å². The summed E-state index contributed by atoms with van der Waals surface area (Å²) in [6.07, 6.45) is 3.26. The molecular weight excluding hydrogens is 462 g/mol. The van der Waals surface area contributed by atoms with Crippen molar-refractivity contribution in [3.8, 4) is 34.0 Å². The van der Waals surface area contributed by atoms with Crippen molar-refractivity contribution < 1.29 is 4.74 Å². The van der Waals surface area contributed by atoms with Gasteiger partial charge in [-0.15, -0.1) is 10.2 Å². The molecule has 2 N–H and O–H groups in total. The van der Waals surface area contributed by atoms with Crippen LogP contribution in [0.4, 0.5) is 11.5 Å². The number of rotatable bonds is 6. The van der Waals surface area contributed by atoms with E-state index in [0.717, 1.165) is 38.8 Å². The predicted molar refractivity (Wildman–Crippen MR) is 145 cm³/mol. The third kappa shape index (κ3) is 4.66. The lowest BCUT2D eigenvalue weighted by atomic mass is 10.0. The lowest BCUT2D eigenvalue weighted by Gasteiger charge is -2.12. The van der Waals surface area contributed by atoms with Crippen LogP contribution in [0.25, 0.3) is 33.2 Å². The molecule has 3 aromatic heterocycles. The molecule has 0 aliphatic carbocycles. The van der Waals surface area contributed by atoms with E-state index >= 15 is 0 Å². The molecule has 3 aromatic carbocycles. The van der Waals surface area contributed by atoms with Crippen molar-refractivity contribution in [3.63, 3.8) is 0 Å². The summed E-state index contributed by atoms with van der Waals surface area (Å²) in [7, 11) is 0. The fourth-order valence-electron chi connectivity index (χ4n) is 4.16. The van der Waals surface area contributed by atoms with Gasteiger partial charge in [-0.25, -0.2) is 4.98 Å². The second-order valence-electron chi connectivity index (χ2n) is 8.36. The maximum absolute atomic E-state index is 11.8. The predicted octanol–water partition coefficient (Wildman–Crippen LogP) is 6.58. The lowest BCUT2D eigenvalue weighted by Crippen LogP contribution is -2.02. The quantitative estimate of drug-likeness (QED) is 0.278. The number of hydrogen-bond donors (Lipinski definition) is 2. The van der Waals surface area contributed by atoms with Gasteiger partial charge in [-0.1, -0.05) is 54.6 Å². The molecule has 0 bridgehead atoms. The Morgan fingerprint density at radius 3 is 2.32 bits per heavy atom. The van der Waals surface area contributed by atoms with Crippen LogP contribution in [0.2, 0.25) is 0 Å². The van der Waals surface area contributed by atoms with Crippen LogP contribution in [-0.4, -0.2) is 20.2 Å². The summed E-state index contributed by atoms with van der Waals surface area (Å²) in [5.41, 5.74) is 3.99. The number of hydrogen-bond acceptors (Lipinski definition) is 6. The van der Waals surface area contributed by atoms with Crippen LogP contribution in [-0.2, 0) is 0 Å². The molecule has 3 heterocycles. The Morgan fingerprint density at radius 1 is 0.730 bits per heavy atom. The van der Waals surface area contributed by atoms with E-state index in [-0.39, 0.29) is 5.56 Å². The number of anilines is 2. The van der Waals surface area contributed by atoms with Gasteiger partial charge in [-0.3, -0.25) is 4.79 Å². The van der Waals surface area contributed by atoms with Gasteiger partial charge in [-0.05, 0) is 48.0 Å². The summed E-state index contributed by atoms with van der Waals surface area (Å²) in [4.78, 5) is 18.8. The minimum absolute atomic E-state index is 0.185. The molecule has 7 heteroatoms. The molecule has 0 radical (unpaired) electrons. The van der Waals surface area contributed by atoms with Gasteiger partial charge in [0.1, 0.15) is 11.4 Å². The molecule has 178 valence electrons. The van der Waals surface area contributed by atoms with Gasteiger partial charge >= 0.3 is 0 Å². The van der Waals surface area contributed by atoms with Crippen molar-refractivity contribution in [3.05, 3.63) is 126 Å². The average molecular weight is 484 g/mol. The van der Waals surface area contributed by atoms with Crippen LogP contribution >= 0.6 is 0 Å². The van der Waals surface area contributed by atoms with E-state index in [4.69, 9.17) is 4.74 Å². The first kappa shape index (κ1) is 22.2. The van der Waals surface area contributed by atoms with Gasteiger partial charge in [0.15, 0.2) is 5.82 Å². The molecule has 6 aromatic rings. The van der Waals surface area contributed by atoms with E-state index in [1.807, 2.05) is 91.0 Å². The van der Waals surface area contributed by atoms with Gasteiger partial charge in [-0.2, -0.15) is 0 Å². The number of aromatic nitrogens is 4. The zero-order valence-electron chi connectivity index (χ0n) is 19.6. The van der Waals surface area contributed by atoms with Crippen LogP contribution in [0.3, 0.4) is 0 Å². The molecule has 0 aliphatic heterocycles. The first-order chi connectivity index (χ1) is 18.2. The molecule has 0 amide bonds. The first-order valence-electron chi connectivity index (χ1n) is 11.7. The Balaban J connectivity index is 1.26. The zero-order chi connectivity index (χ0) is 25.0. The van der Waals surface area contributed by atoms with E-state index in [1.165, 1.54) is 6.07 Å². The minimum atomic E-state index is -0.185. The molecule has 0 aliphatic rings. The number of nitrogens with zero attached hydrogens (tertiary/aromatic N) is 3. The topological polar surface area (TPSA) is 92.8 Å². The number of benzene rings is 3. The van der Waals surface area contributed by atoms with Gasteiger partial charge in [0.2, 0.25) is 11.4 Å². The molecule has 37 heavy (non-hydrogen) atoms. The van der Waals surface area contributed by atoms with Crippen LogP contribution in [0.15, 0.2) is 120 Å². The number of fused-ring (bicyclic) bond motifs is 1. The van der Waals surface area contributed by atoms with Crippen molar-refractivity contribution in [2.75, 3.05) is 5.32 Å². The second-order valence-corrected chi connectivity index (χ2v) is 8.36. The molecule has 6 rings (SSSR count). The van der Waals surface area contributed by atoms with Gasteiger partial charge in [0.25, 0.3) is 0 Å². The normalized spacial score (nSPS) is 10.8. The van der Waals surface area contributed by atoms with E-state index < -0.39 is 0 Å². The van der Waals surface area contributed by atoms with E-state index in [2.05, 4.69) is 31.5 Å². The standard InChI is InChI=1S/C30H21N5O2/c36-27-19-21(16-18-31-27)24-11-6-17-32-30(24)37-23-14-12-22(13-15-23)33-29-26-10-5-4-9-25(26)28(34-35-29)20-7-2-1-3-8-20/h1-19H,(H,31,36)(H,33,35). The van der Waals surface area contributed by atoms with Crippen molar-refractivity contribution in [1.82, 2.24) is 20.2 Å². The maximum Gasteiger partial charge on any atom is 0.248 e. The molecule has 0 spiro atoms. The number of nitrogens with one attached hydrogen (secondary N) is 2. The smallest absolute Gasteiger partial charge is 0.248 e. The second kappa shape index (κ2) is 9.75. The Kier molecular flexibility index (Phi) is 5.85. The van der Waals surface area contributed by atoms with Crippen molar-refractivity contribution in [2.24, 2.45) is 0 Å². The van der Waals surface area contributed by atoms with Crippen LogP contribution in [0.5, 0.6) is 11.6 Å². The molecule has 0 fully saturated rings. The Hall–Kier alpha value is -5.30. The van der Waals surface area contributed by atoms with E-state index in [1.54, 1.807) is 12.4 Å². The molecule has 7 nitrogen and oxygen atoms in total. The first-order valence-corrected chi connectivity index (χ1v) is 11.7. The largest absolute Gasteiger partial charge is 0.438 e. The monoisotopic (exact) mass is 483 g/mol. The Morgan fingerprint density at radius 2 is 1.51 bits per heavy atom. The Labute approximate surface area is 212 Å². The summed E-state index contributed by atoms with van der Waals surface area (Å²) in [5.74, 6) is 1.71. The summed E-state index contributed by atoms with van der Waals surface area (Å²) in [5, 5.41) is 14.4. The highest BCUT2D eigenvalue weighted by Crippen LogP contribution is 2.33. The van der Waals surface area contributed by atoms with E-state index in [0.29, 0.717) is 17.4 Å². The number of ether oxygens (including phenoxy) is 1. The molecule has 0 saturated carbocycles. The zero-order valence-corrected chi connectivity index (χ0v) is 19.6. The highest BCUT2D eigenvalue weighted by atomic mass is 16.5. The van der Waals surface area contributed by atoms with E-state index in [9.17, 15) is 4.79 Å². The molecular formula is C30H21N5O2. The van der Waals surface area contributed by atoms with Gasteiger partial charge in [0, 0.05) is 46.0 Å². The highest BCUT2D eigenvalue weighted by molar-refractivity contribution is 6.00. The number of pyridine rings is 2. The Bertz CT molecular complexity index is 1750. The maximum atomic E-state index is 11.8. The minimum Gasteiger partial charge on any atom is -0.438 e. The lowest BCUT2D eigenvalue weighted by molar-refractivity contribution is 0.465. The van der Waals surface area contributed by atoms with Crippen LogP contribution < -0.4 is 15.6 Å². The van der Waals surface area contributed by atoms with Crippen LogP contribution in [0.1, 0.15) is 0 Å². The third-order valence-corrected chi connectivity index (χ3v) is 5.92. The third-order valence-electron chi connectivity index (χ3n) is 5.92. The number of H-pyrrole nitrogens is 1. The number of aromatic amines is 1. The van der Waals surface area contributed by atoms with Crippen LogP contribution in [0, 0.1) is 0 Å². The fourth-order valence-corrected chi connectivity index (χ4v) is 4.16. The fraction of sp³-hybridized carbons (Fsp3) is 0. The van der Waals surface area contributed by atoms with Gasteiger partial charge in [0.05, 0.1) is 0 Å². The molecule has 0 atom stereocenters.